The molecular weight excluding hydrogens is 223 g/mol. The molecule has 0 bridgehead atoms. The van der Waals surface area contributed by atoms with E-state index in [2.05, 4.69) is 0 Å². The molecule has 4 heteroatoms. The predicted octanol–water partition coefficient (Wildman–Crippen LogP) is 2.93. The fraction of sp³-hybridized carbons (Fsp3) is 0.400. The summed E-state index contributed by atoms with van der Waals surface area (Å²) in [6.07, 6.45) is 1.48. The summed E-state index contributed by atoms with van der Waals surface area (Å²) in [7, 11) is 1.55. The van der Waals surface area contributed by atoms with E-state index in [1.807, 2.05) is 6.07 Å². The molecule has 1 rings (SSSR count). The molecule has 1 N–H and O–H groups in total. The van der Waals surface area contributed by atoms with Crippen LogP contribution in [-0.4, -0.2) is 18.8 Å². The molecule has 0 atom stereocenters. The van der Waals surface area contributed by atoms with Crippen molar-refractivity contribution in [3.05, 3.63) is 27.7 Å². The Bertz CT molecular complexity index is 313. The molecule has 0 saturated carbocycles. The second-order valence-electron chi connectivity index (χ2n) is 2.92. The summed E-state index contributed by atoms with van der Waals surface area (Å²) in [6, 6.07) is 3.63. The Morgan fingerprint density at radius 2 is 2.07 bits per heavy atom. The van der Waals surface area contributed by atoms with Gasteiger partial charge in [-0.1, -0.05) is 23.2 Å². The lowest BCUT2D eigenvalue weighted by atomic mass is 10.1. The fourth-order valence-corrected chi connectivity index (χ4v) is 1.61. The SMILES string of the molecule is COc1cc(CCCO)cc(Cl)c1Cl. The van der Waals surface area contributed by atoms with Crippen molar-refractivity contribution >= 4 is 23.2 Å². The average molecular weight is 235 g/mol. The molecule has 0 aliphatic carbocycles. The summed E-state index contributed by atoms with van der Waals surface area (Å²) in [6.45, 7) is 0.169. The zero-order chi connectivity index (χ0) is 10.6. The largest absolute Gasteiger partial charge is 0.495 e. The fourth-order valence-electron chi connectivity index (χ4n) is 1.19. The quantitative estimate of drug-likeness (QED) is 0.869. The van der Waals surface area contributed by atoms with Gasteiger partial charge in [-0.15, -0.1) is 0 Å². The van der Waals surface area contributed by atoms with Crippen molar-refractivity contribution in [3.63, 3.8) is 0 Å². The van der Waals surface area contributed by atoms with E-state index in [4.69, 9.17) is 33.0 Å². The highest BCUT2D eigenvalue weighted by atomic mass is 35.5. The molecule has 0 saturated heterocycles. The molecule has 0 heterocycles. The molecule has 0 amide bonds. The van der Waals surface area contributed by atoms with E-state index in [-0.39, 0.29) is 6.61 Å². The third-order valence-corrected chi connectivity index (χ3v) is 2.68. The second-order valence-corrected chi connectivity index (χ2v) is 3.71. The van der Waals surface area contributed by atoms with Crippen LogP contribution in [0.3, 0.4) is 0 Å². The Hall–Kier alpha value is -0.440. The molecule has 0 unspecified atom stereocenters. The van der Waals surface area contributed by atoms with Gasteiger partial charge in [-0.2, -0.15) is 0 Å². The molecule has 2 nitrogen and oxygen atoms in total. The molecule has 0 aliphatic rings. The van der Waals surface area contributed by atoms with Crippen molar-refractivity contribution in [2.45, 2.75) is 12.8 Å². The van der Waals surface area contributed by atoms with Gasteiger partial charge in [0, 0.05) is 6.61 Å². The number of benzene rings is 1. The van der Waals surface area contributed by atoms with Gasteiger partial charge in [0.25, 0.3) is 0 Å². The Balaban J connectivity index is 2.91. The van der Waals surface area contributed by atoms with Crippen molar-refractivity contribution < 1.29 is 9.84 Å². The summed E-state index contributed by atoms with van der Waals surface area (Å²) >= 11 is 11.8. The van der Waals surface area contributed by atoms with Crippen molar-refractivity contribution in [1.82, 2.24) is 0 Å². The minimum atomic E-state index is 0.169. The molecule has 0 spiro atoms. The molecule has 0 aliphatic heterocycles. The summed E-state index contributed by atoms with van der Waals surface area (Å²) in [5, 5.41) is 9.61. The standard InChI is InChI=1S/C10H12Cl2O2/c1-14-9-6-7(3-2-4-13)5-8(11)10(9)12/h5-6,13H,2-4H2,1H3. The molecule has 1 aromatic carbocycles. The number of ether oxygens (including phenoxy) is 1. The monoisotopic (exact) mass is 234 g/mol. The van der Waals surface area contributed by atoms with Gasteiger partial charge in [0.1, 0.15) is 10.8 Å². The van der Waals surface area contributed by atoms with Crippen molar-refractivity contribution in [2.75, 3.05) is 13.7 Å². The van der Waals surface area contributed by atoms with Crippen molar-refractivity contribution in [1.29, 1.82) is 0 Å². The third kappa shape index (κ3) is 2.77. The van der Waals surface area contributed by atoms with E-state index in [0.717, 1.165) is 12.0 Å². The van der Waals surface area contributed by atoms with Crippen molar-refractivity contribution in [3.8, 4) is 5.75 Å². The van der Waals surface area contributed by atoms with E-state index in [0.29, 0.717) is 22.2 Å². The van der Waals surface area contributed by atoms with Crippen LogP contribution in [0.5, 0.6) is 5.75 Å². The van der Waals surface area contributed by atoms with Gasteiger partial charge >= 0.3 is 0 Å². The minimum Gasteiger partial charge on any atom is -0.495 e. The maximum Gasteiger partial charge on any atom is 0.139 e. The van der Waals surface area contributed by atoms with Gasteiger partial charge in [-0.25, -0.2) is 0 Å². The Kier molecular flexibility index (Phi) is 4.52. The molecule has 0 aromatic heterocycles. The smallest absolute Gasteiger partial charge is 0.139 e. The minimum absolute atomic E-state index is 0.169. The highest BCUT2D eigenvalue weighted by Crippen LogP contribution is 2.33. The normalized spacial score (nSPS) is 10.3. The molecule has 0 fully saturated rings. The van der Waals surface area contributed by atoms with Crippen LogP contribution in [0.1, 0.15) is 12.0 Å². The number of rotatable bonds is 4. The first-order valence-electron chi connectivity index (χ1n) is 4.31. The van der Waals surface area contributed by atoms with Crippen LogP contribution in [-0.2, 0) is 6.42 Å². The predicted molar refractivity (Wildman–Crippen MR) is 58.4 cm³/mol. The summed E-state index contributed by atoms with van der Waals surface area (Å²) < 4.78 is 5.07. The summed E-state index contributed by atoms with van der Waals surface area (Å²) in [4.78, 5) is 0. The highest BCUT2D eigenvalue weighted by molar-refractivity contribution is 6.43. The Morgan fingerprint density at radius 3 is 2.64 bits per heavy atom. The van der Waals surface area contributed by atoms with E-state index in [1.165, 1.54) is 0 Å². The zero-order valence-corrected chi connectivity index (χ0v) is 9.40. The van der Waals surface area contributed by atoms with Gasteiger partial charge in [0.15, 0.2) is 0 Å². The highest BCUT2D eigenvalue weighted by Gasteiger charge is 2.07. The van der Waals surface area contributed by atoms with Gasteiger partial charge < -0.3 is 9.84 Å². The summed E-state index contributed by atoms with van der Waals surface area (Å²) in [5.74, 6) is 0.576. The number of aliphatic hydroxyl groups is 1. The topological polar surface area (TPSA) is 29.5 Å². The van der Waals surface area contributed by atoms with Gasteiger partial charge in [-0.05, 0) is 30.5 Å². The van der Waals surface area contributed by atoms with E-state index in [9.17, 15) is 0 Å². The van der Waals surface area contributed by atoms with Crippen LogP contribution < -0.4 is 4.74 Å². The van der Waals surface area contributed by atoms with Crippen LogP contribution in [0.4, 0.5) is 0 Å². The number of aliphatic hydroxyl groups excluding tert-OH is 1. The Morgan fingerprint density at radius 1 is 1.36 bits per heavy atom. The van der Waals surface area contributed by atoms with Gasteiger partial charge in [0.2, 0.25) is 0 Å². The first-order chi connectivity index (χ1) is 6.69. The zero-order valence-electron chi connectivity index (χ0n) is 7.89. The van der Waals surface area contributed by atoms with E-state index >= 15 is 0 Å². The lowest BCUT2D eigenvalue weighted by Gasteiger charge is -2.07. The molecule has 14 heavy (non-hydrogen) atoms. The second kappa shape index (κ2) is 5.44. The molecular formula is C10H12Cl2O2. The maximum absolute atomic E-state index is 8.69. The molecule has 0 radical (unpaired) electrons. The number of aryl methyl sites for hydroxylation is 1. The van der Waals surface area contributed by atoms with E-state index in [1.54, 1.807) is 13.2 Å². The number of methoxy groups -OCH3 is 1. The van der Waals surface area contributed by atoms with Crippen LogP contribution >= 0.6 is 23.2 Å². The first-order valence-corrected chi connectivity index (χ1v) is 5.07. The number of hydrogen-bond donors (Lipinski definition) is 1. The van der Waals surface area contributed by atoms with E-state index < -0.39 is 0 Å². The lowest BCUT2D eigenvalue weighted by Crippen LogP contribution is -1.92. The van der Waals surface area contributed by atoms with Crippen molar-refractivity contribution in [2.24, 2.45) is 0 Å². The first kappa shape index (κ1) is 11.6. The molecule has 1 aromatic rings. The Labute approximate surface area is 93.4 Å². The number of halogens is 2. The number of hydrogen-bond acceptors (Lipinski definition) is 2. The van der Waals surface area contributed by atoms with Crippen LogP contribution in [0.15, 0.2) is 12.1 Å². The lowest BCUT2D eigenvalue weighted by molar-refractivity contribution is 0.288. The van der Waals surface area contributed by atoms with Crippen LogP contribution in [0.25, 0.3) is 0 Å². The third-order valence-electron chi connectivity index (χ3n) is 1.90. The molecule has 78 valence electrons. The van der Waals surface area contributed by atoms with Crippen LogP contribution in [0.2, 0.25) is 10.0 Å². The van der Waals surface area contributed by atoms with Crippen LogP contribution in [0, 0.1) is 0 Å². The van der Waals surface area contributed by atoms with Gasteiger partial charge in [0.05, 0.1) is 12.1 Å². The maximum atomic E-state index is 8.69. The summed E-state index contributed by atoms with van der Waals surface area (Å²) in [5.41, 5.74) is 1.02. The van der Waals surface area contributed by atoms with Gasteiger partial charge in [-0.3, -0.25) is 0 Å². The average Bonchev–Trinajstić information content (AvgIpc) is 2.19.